The summed E-state index contributed by atoms with van der Waals surface area (Å²) < 4.78 is 23.7. The normalized spacial score (nSPS) is 11.7. The third-order valence-electron chi connectivity index (χ3n) is 3.18. The number of halogens is 2. The van der Waals surface area contributed by atoms with E-state index in [1.165, 1.54) is 44.4 Å². The van der Waals surface area contributed by atoms with E-state index in [1.807, 2.05) is 0 Å². The maximum Gasteiger partial charge on any atom is 0.340 e. The van der Waals surface area contributed by atoms with Gasteiger partial charge in [0.05, 0.1) is 12.7 Å². The molecule has 0 amide bonds. The molecular formula is C17H14BrFO4. The zero-order valence-corrected chi connectivity index (χ0v) is 14.1. The molecule has 0 unspecified atom stereocenters. The van der Waals surface area contributed by atoms with E-state index < -0.39 is 23.7 Å². The molecule has 0 saturated heterocycles. The lowest BCUT2D eigenvalue weighted by molar-refractivity contribution is 0.0317. The standard InChI is InChI=1S/C17H14BrFO4/c1-10(16(20)11-3-5-12(19)6-4-11)23-17(21)14-9-13(22-2)7-8-15(14)18/h3-10H,1-2H3/t10-/m1/s1. The molecule has 0 radical (unpaired) electrons. The Balaban J connectivity index is 2.13. The van der Waals surface area contributed by atoms with Gasteiger partial charge in [-0.05, 0) is 65.3 Å². The highest BCUT2D eigenvalue weighted by Crippen LogP contribution is 2.24. The minimum atomic E-state index is -0.994. The second-order valence-corrected chi connectivity index (χ2v) is 5.62. The topological polar surface area (TPSA) is 52.6 Å². The summed E-state index contributed by atoms with van der Waals surface area (Å²) in [5.41, 5.74) is 0.527. The predicted octanol–water partition coefficient (Wildman–Crippen LogP) is 4.03. The lowest BCUT2D eigenvalue weighted by Gasteiger charge is -2.13. The van der Waals surface area contributed by atoms with E-state index in [4.69, 9.17) is 9.47 Å². The first-order valence-electron chi connectivity index (χ1n) is 6.76. The molecule has 4 nitrogen and oxygen atoms in total. The van der Waals surface area contributed by atoms with Gasteiger partial charge >= 0.3 is 5.97 Å². The van der Waals surface area contributed by atoms with Crippen molar-refractivity contribution in [3.63, 3.8) is 0 Å². The van der Waals surface area contributed by atoms with Crippen LogP contribution in [0.2, 0.25) is 0 Å². The predicted molar refractivity (Wildman–Crippen MR) is 86.3 cm³/mol. The number of ketones is 1. The van der Waals surface area contributed by atoms with Gasteiger partial charge in [0.2, 0.25) is 5.78 Å². The average molecular weight is 381 g/mol. The molecular weight excluding hydrogens is 367 g/mol. The zero-order valence-electron chi connectivity index (χ0n) is 12.5. The Hall–Kier alpha value is -2.21. The quantitative estimate of drug-likeness (QED) is 0.580. The lowest BCUT2D eigenvalue weighted by Crippen LogP contribution is -2.24. The molecule has 0 N–H and O–H groups in total. The fraction of sp³-hybridized carbons (Fsp3) is 0.176. The van der Waals surface area contributed by atoms with Gasteiger partial charge in [-0.2, -0.15) is 0 Å². The van der Waals surface area contributed by atoms with E-state index in [2.05, 4.69) is 15.9 Å². The van der Waals surface area contributed by atoms with Crippen LogP contribution < -0.4 is 4.74 Å². The van der Waals surface area contributed by atoms with Gasteiger partial charge in [-0.15, -0.1) is 0 Å². The van der Waals surface area contributed by atoms with Crippen LogP contribution in [0.25, 0.3) is 0 Å². The number of Topliss-reactive ketones (excluding diaryl/α,β-unsaturated/α-hetero) is 1. The van der Waals surface area contributed by atoms with Gasteiger partial charge in [-0.25, -0.2) is 9.18 Å². The second-order valence-electron chi connectivity index (χ2n) is 4.76. The van der Waals surface area contributed by atoms with E-state index in [1.54, 1.807) is 12.1 Å². The fourth-order valence-electron chi connectivity index (χ4n) is 1.91. The van der Waals surface area contributed by atoms with Crippen LogP contribution in [0.15, 0.2) is 46.9 Å². The minimum Gasteiger partial charge on any atom is -0.497 e. The summed E-state index contributed by atoms with van der Waals surface area (Å²) in [5.74, 6) is -1.000. The highest BCUT2D eigenvalue weighted by Gasteiger charge is 2.22. The molecule has 2 rings (SSSR count). The first-order chi connectivity index (χ1) is 10.9. The summed E-state index contributed by atoms with van der Waals surface area (Å²) >= 11 is 3.26. The van der Waals surface area contributed by atoms with Gasteiger partial charge in [-0.3, -0.25) is 4.79 Å². The van der Waals surface area contributed by atoms with Gasteiger partial charge in [-0.1, -0.05) is 0 Å². The fourth-order valence-corrected chi connectivity index (χ4v) is 2.32. The number of hydrogen-bond donors (Lipinski definition) is 0. The van der Waals surface area contributed by atoms with Crippen molar-refractivity contribution < 1.29 is 23.5 Å². The number of carbonyl (C=O) groups is 2. The van der Waals surface area contributed by atoms with Crippen molar-refractivity contribution in [2.45, 2.75) is 13.0 Å². The van der Waals surface area contributed by atoms with Crippen molar-refractivity contribution in [2.75, 3.05) is 7.11 Å². The number of esters is 1. The summed E-state index contributed by atoms with van der Waals surface area (Å²) in [5, 5.41) is 0. The molecule has 0 aliphatic carbocycles. The van der Waals surface area contributed by atoms with E-state index in [9.17, 15) is 14.0 Å². The molecule has 0 spiro atoms. The number of benzene rings is 2. The van der Waals surface area contributed by atoms with E-state index in [0.29, 0.717) is 10.2 Å². The zero-order chi connectivity index (χ0) is 17.0. The first kappa shape index (κ1) is 17.1. The number of hydrogen-bond acceptors (Lipinski definition) is 4. The Morgan fingerprint density at radius 1 is 1.13 bits per heavy atom. The Morgan fingerprint density at radius 3 is 2.39 bits per heavy atom. The summed E-state index contributed by atoms with van der Waals surface area (Å²) in [4.78, 5) is 24.4. The van der Waals surface area contributed by atoms with Gasteiger partial charge in [0.1, 0.15) is 11.6 Å². The van der Waals surface area contributed by atoms with Gasteiger partial charge in [0.15, 0.2) is 6.10 Å². The average Bonchev–Trinajstić information content (AvgIpc) is 2.55. The van der Waals surface area contributed by atoms with Crippen molar-refractivity contribution in [3.8, 4) is 5.75 Å². The highest BCUT2D eigenvalue weighted by atomic mass is 79.9. The third-order valence-corrected chi connectivity index (χ3v) is 3.87. The van der Waals surface area contributed by atoms with E-state index >= 15 is 0 Å². The van der Waals surface area contributed by atoms with Crippen molar-refractivity contribution >= 4 is 27.7 Å². The summed E-state index contributed by atoms with van der Waals surface area (Å²) in [7, 11) is 1.49. The van der Waals surface area contributed by atoms with Crippen LogP contribution in [0.1, 0.15) is 27.6 Å². The van der Waals surface area contributed by atoms with Crippen LogP contribution in [0.5, 0.6) is 5.75 Å². The van der Waals surface area contributed by atoms with Crippen LogP contribution >= 0.6 is 15.9 Å². The maximum atomic E-state index is 12.9. The number of rotatable bonds is 5. The molecule has 0 aliphatic rings. The third kappa shape index (κ3) is 4.16. The molecule has 0 saturated carbocycles. The van der Waals surface area contributed by atoms with Crippen LogP contribution in [0, 0.1) is 5.82 Å². The largest absolute Gasteiger partial charge is 0.497 e. The van der Waals surface area contributed by atoms with Crippen molar-refractivity contribution in [3.05, 3.63) is 63.9 Å². The number of ether oxygens (including phenoxy) is 2. The Labute approximate surface area is 141 Å². The van der Waals surface area contributed by atoms with Crippen LogP contribution in [-0.4, -0.2) is 25.0 Å². The van der Waals surface area contributed by atoms with Crippen molar-refractivity contribution in [1.29, 1.82) is 0 Å². The number of methoxy groups -OCH3 is 1. The summed E-state index contributed by atoms with van der Waals surface area (Å²) in [6, 6.07) is 9.92. The molecule has 23 heavy (non-hydrogen) atoms. The van der Waals surface area contributed by atoms with E-state index in [0.717, 1.165) is 0 Å². The van der Waals surface area contributed by atoms with Crippen LogP contribution in [0.4, 0.5) is 4.39 Å². The monoisotopic (exact) mass is 380 g/mol. The number of carbonyl (C=O) groups excluding carboxylic acids is 2. The molecule has 0 fully saturated rings. The molecule has 2 aromatic rings. The highest BCUT2D eigenvalue weighted by molar-refractivity contribution is 9.10. The Bertz CT molecular complexity index is 728. The maximum absolute atomic E-state index is 12.9. The van der Waals surface area contributed by atoms with Crippen LogP contribution in [-0.2, 0) is 4.74 Å². The van der Waals surface area contributed by atoms with Gasteiger partial charge in [0, 0.05) is 10.0 Å². The molecule has 6 heteroatoms. The first-order valence-corrected chi connectivity index (χ1v) is 7.56. The minimum absolute atomic E-state index is 0.253. The van der Waals surface area contributed by atoms with Gasteiger partial charge < -0.3 is 9.47 Å². The molecule has 0 bridgehead atoms. The van der Waals surface area contributed by atoms with Crippen molar-refractivity contribution in [2.24, 2.45) is 0 Å². The Kier molecular flexibility index (Phi) is 5.50. The van der Waals surface area contributed by atoms with E-state index in [-0.39, 0.29) is 11.1 Å². The SMILES string of the molecule is COc1ccc(Br)c(C(=O)O[C@H](C)C(=O)c2ccc(F)cc2)c1. The van der Waals surface area contributed by atoms with Crippen LogP contribution in [0.3, 0.4) is 0 Å². The van der Waals surface area contributed by atoms with Crippen molar-refractivity contribution in [1.82, 2.24) is 0 Å². The second kappa shape index (κ2) is 7.37. The van der Waals surface area contributed by atoms with Gasteiger partial charge in [0.25, 0.3) is 0 Å². The molecule has 0 aromatic heterocycles. The summed E-state index contributed by atoms with van der Waals surface area (Å²) in [6.45, 7) is 1.47. The molecule has 0 heterocycles. The molecule has 1 atom stereocenters. The molecule has 120 valence electrons. The lowest BCUT2D eigenvalue weighted by atomic mass is 10.1. The Morgan fingerprint density at radius 2 is 1.78 bits per heavy atom. The molecule has 2 aromatic carbocycles. The summed E-state index contributed by atoms with van der Waals surface area (Å²) in [6.07, 6.45) is -0.994. The molecule has 0 aliphatic heterocycles. The smallest absolute Gasteiger partial charge is 0.340 e.